The Morgan fingerprint density at radius 3 is 2.45 bits per heavy atom. The maximum atomic E-state index is 12.3. The molecule has 0 bridgehead atoms. The van der Waals surface area contributed by atoms with E-state index in [0.29, 0.717) is 16.8 Å². The molecule has 22 heavy (non-hydrogen) atoms. The SMILES string of the molecule is CC(=O)Nc1ccc(C(=O)Cn2cc(Br)cc(C)c2=O)cc1. The Kier molecular flexibility index (Phi) is 4.92. The molecule has 0 aliphatic carbocycles. The van der Waals surface area contributed by atoms with E-state index in [9.17, 15) is 14.4 Å². The van der Waals surface area contributed by atoms with Crippen molar-refractivity contribution in [2.24, 2.45) is 0 Å². The zero-order chi connectivity index (χ0) is 16.3. The van der Waals surface area contributed by atoms with Crippen LogP contribution in [0.15, 0.2) is 45.8 Å². The van der Waals surface area contributed by atoms with Gasteiger partial charge in [0.05, 0.1) is 6.54 Å². The van der Waals surface area contributed by atoms with Crippen molar-refractivity contribution in [3.8, 4) is 0 Å². The summed E-state index contributed by atoms with van der Waals surface area (Å²) in [5.41, 5.74) is 1.49. The lowest BCUT2D eigenvalue weighted by atomic mass is 10.1. The Morgan fingerprint density at radius 1 is 1.23 bits per heavy atom. The highest BCUT2D eigenvalue weighted by atomic mass is 79.9. The van der Waals surface area contributed by atoms with Gasteiger partial charge < -0.3 is 9.88 Å². The highest BCUT2D eigenvalue weighted by molar-refractivity contribution is 9.10. The first-order valence-electron chi connectivity index (χ1n) is 6.64. The number of amides is 1. The number of halogens is 1. The summed E-state index contributed by atoms with van der Waals surface area (Å²) in [4.78, 5) is 35.2. The van der Waals surface area contributed by atoms with Crippen molar-refractivity contribution in [3.05, 3.63) is 62.5 Å². The number of benzene rings is 1. The lowest BCUT2D eigenvalue weighted by molar-refractivity contribution is -0.114. The minimum Gasteiger partial charge on any atom is -0.326 e. The van der Waals surface area contributed by atoms with Gasteiger partial charge in [-0.25, -0.2) is 0 Å². The van der Waals surface area contributed by atoms with Crippen molar-refractivity contribution < 1.29 is 9.59 Å². The average Bonchev–Trinajstić information content (AvgIpc) is 2.44. The number of Topliss-reactive ketones (excluding diaryl/α,β-unsaturated/α-hetero) is 1. The third-order valence-electron chi connectivity index (χ3n) is 3.07. The van der Waals surface area contributed by atoms with Crippen LogP contribution in [0, 0.1) is 6.92 Å². The van der Waals surface area contributed by atoms with Crippen molar-refractivity contribution in [1.29, 1.82) is 0 Å². The fraction of sp³-hybridized carbons (Fsp3) is 0.188. The molecule has 0 saturated carbocycles. The predicted molar refractivity (Wildman–Crippen MR) is 88.2 cm³/mol. The molecule has 0 saturated heterocycles. The topological polar surface area (TPSA) is 68.2 Å². The Morgan fingerprint density at radius 2 is 1.86 bits per heavy atom. The van der Waals surface area contributed by atoms with Crippen LogP contribution in [0.3, 0.4) is 0 Å². The molecule has 0 radical (unpaired) electrons. The number of anilines is 1. The van der Waals surface area contributed by atoms with Gasteiger partial charge in [0.2, 0.25) is 5.91 Å². The Hall–Kier alpha value is -2.21. The highest BCUT2D eigenvalue weighted by Gasteiger charge is 2.10. The fourth-order valence-corrected chi connectivity index (χ4v) is 2.64. The molecule has 1 heterocycles. The van der Waals surface area contributed by atoms with Crippen molar-refractivity contribution in [3.63, 3.8) is 0 Å². The Bertz CT molecular complexity index is 779. The molecule has 1 aromatic carbocycles. The molecule has 1 amide bonds. The molecule has 6 heteroatoms. The van der Waals surface area contributed by atoms with Crippen molar-refractivity contribution in [2.45, 2.75) is 20.4 Å². The molecule has 0 atom stereocenters. The number of rotatable bonds is 4. The second-order valence-corrected chi connectivity index (χ2v) is 5.87. The van der Waals surface area contributed by atoms with Gasteiger partial charge in [-0.15, -0.1) is 0 Å². The van der Waals surface area contributed by atoms with Gasteiger partial charge in [0.15, 0.2) is 5.78 Å². The number of nitrogens with zero attached hydrogens (tertiary/aromatic N) is 1. The van der Waals surface area contributed by atoms with E-state index in [4.69, 9.17) is 0 Å². The molecule has 2 rings (SSSR count). The minimum atomic E-state index is -0.189. The first-order chi connectivity index (χ1) is 10.4. The fourth-order valence-electron chi connectivity index (χ4n) is 2.05. The van der Waals surface area contributed by atoms with Gasteiger partial charge in [-0.05, 0) is 53.2 Å². The van der Waals surface area contributed by atoms with Gasteiger partial charge in [-0.2, -0.15) is 0 Å². The number of hydrogen-bond donors (Lipinski definition) is 1. The molecule has 0 aliphatic rings. The molecule has 0 unspecified atom stereocenters. The summed E-state index contributed by atoms with van der Waals surface area (Å²) in [6.45, 7) is 3.09. The second kappa shape index (κ2) is 6.70. The second-order valence-electron chi connectivity index (χ2n) is 4.96. The molecular weight excluding hydrogens is 348 g/mol. The van der Waals surface area contributed by atoms with Crippen molar-refractivity contribution in [2.75, 3.05) is 5.32 Å². The standard InChI is InChI=1S/C16H15BrN2O3/c1-10-7-13(17)8-19(16(10)22)9-15(21)12-3-5-14(6-4-12)18-11(2)20/h3-8H,9H2,1-2H3,(H,18,20). The third-order valence-corrected chi connectivity index (χ3v) is 3.51. The number of aryl methyl sites for hydroxylation is 1. The molecule has 0 fully saturated rings. The van der Waals surface area contributed by atoms with Crippen molar-refractivity contribution in [1.82, 2.24) is 4.57 Å². The number of aromatic nitrogens is 1. The normalized spacial score (nSPS) is 10.3. The maximum absolute atomic E-state index is 12.3. The number of hydrogen-bond acceptors (Lipinski definition) is 3. The summed E-state index contributed by atoms with van der Waals surface area (Å²) in [7, 11) is 0. The summed E-state index contributed by atoms with van der Waals surface area (Å²) >= 11 is 3.31. The number of pyridine rings is 1. The van der Waals surface area contributed by atoms with E-state index in [1.165, 1.54) is 11.5 Å². The Balaban J connectivity index is 2.19. The number of carbonyl (C=O) groups excluding carboxylic acids is 2. The summed E-state index contributed by atoms with van der Waals surface area (Å²) < 4.78 is 2.13. The van der Waals surface area contributed by atoms with Crippen LogP contribution in [0.1, 0.15) is 22.8 Å². The lowest BCUT2D eigenvalue weighted by Crippen LogP contribution is -2.25. The summed E-state index contributed by atoms with van der Waals surface area (Å²) in [5, 5.41) is 2.63. The van der Waals surface area contributed by atoms with E-state index >= 15 is 0 Å². The van der Waals surface area contributed by atoms with E-state index in [-0.39, 0.29) is 23.8 Å². The van der Waals surface area contributed by atoms with E-state index in [1.54, 1.807) is 43.5 Å². The average molecular weight is 363 g/mol. The monoisotopic (exact) mass is 362 g/mol. The van der Waals surface area contributed by atoms with Crippen LogP contribution < -0.4 is 10.9 Å². The lowest BCUT2D eigenvalue weighted by Gasteiger charge is -2.08. The molecule has 2 aromatic rings. The predicted octanol–water partition coefficient (Wildman–Crippen LogP) is 2.76. The zero-order valence-electron chi connectivity index (χ0n) is 12.2. The first-order valence-corrected chi connectivity index (χ1v) is 7.43. The smallest absolute Gasteiger partial charge is 0.253 e. The van der Waals surface area contributed by atoms with Crippen LogP contribution in [0.4, 0.5) is 5.69 Å². The van der Waals surface area contributed by atoms with Gasteiger partial charge in [0.25, 0.3) is 5.56 Å². The van der Waals surface area contributed by atoms with Gasteiger partial charge in [0, 0.05) is 34.4 Å². The maximum Gasteiger partial charge on any atom is 0.253 e. The van der Waals surface area contributed by atoms with Crippen LogP contribution in [0.25, 0.3) is 0 Å². The van der Waals surface area contributed by atoms with E-state index in [1.807, 2.05) is 0 Å². The Labute approximate surface area is 136 Å². The van der Waals surface area contributed by atoms with Crippen LogP contribution in [0.2, 0.25) is 0 Å². The van der Waals surface area contributed by atoms with E-state index in [2.05, 4.69) is 21.2 Å². The van der Waals surface area contributed by atoms with Crippen LogP contribution in [-0.2, 0) is 11.3 Å². The summed E-state index contributed by atoms with van der Waals surface area (Å²) in [6.07, 6.45) is 1.60. The number of nitrogens with one attached hydrogen (secondary N) is 1. The quantitative estimate of drug-likeness (QED) is 0.850. The van der Waals surface area contributed by atoms with E-state index < -0.39 is 0 Å². The molecule has 114 valence electrons. The largest absolute Gasteiger partial charge is 0.326 e. The molecule has 0 spiro atoms. The zero-order valence-corrected chi connectivity index (χ0v) is 13.8. The van der Waals surface area contributed by atoms with Crippen LogP contribution in [0.5, 0.6) is 0 Å². The van der Waals surface area contributed by atoms with Gasteiger partial charge in [-0.3, -0.25) is 14.4 Å². The first kappa shape index (κ1) is 16.2. The molecule has 1 N–H and O–H groups in total. The summed E-state index contributed by atoms with van der Waals surface area (Å²) in [6, 6.07) is 8.28. The molecular formula is C16H15BrN2O3. The highest BCUT2D eigenvalue weighted by Crippen LogP contribution is 2.12. The molecule has 5 nitrogen and oxygen atoms in total. The van der Waals surface area contributed by atoms with Gasteiger partial charge in [-0.1, -0.05) is 0 Å². The molecule has 0 aliphatic heterocycles. The van der Waals surface area contributed by atoms with Crippen LogP contribution in [-0.4, -0.2) is 16.3 Å². The van der Waals surface area contributed by atoms with Gasteiger partial charge >= 0.3 is 0 Å². The van der Waals surface area contributed by atoms with Gasteiger partial charge in [0.1, 0.15) is 0 Å². The van der Waals surface area contributed by atoms with Crippen molar-refractivity contribution >= 4 is 33.3 Å². The third kappa shape index (κ3) is 3.92. The number of ketones is 1. The van der Waals surface area contributed by atoms with E-state index in [0.717, 1.165) is 4.47 Å². The molecule has 1 aromatic heterocycles. The summed E-state index contributed by atoms with van der Waals surface area (Å²) in [5.74, 6) is -0.343. The van der Waals surface area contributed by atoms with Crippen LogP contribution >= 0.6 is 15.9 Å². The minimum absolute atomic E-state index is 0.0292. The number of carbonyl (C=O) groups is 2.